The van der Waals surface area contributed by atoms with Crippen molar-refractivity contribution < 1.29 is 24.6 Å². The number of urea groups is 1. The molecular formula is C19H32N2O5. The van der Waals surface area contributed by atoms with Crippen LogP contribution in [0.3, 0.4) is 0 Å². The molecule has 26 heavy (non-hydrogen) atoms. The molecule has 3 N–H and O–H groups in total. The van der Waals surface area contributed by atoms with Crippen molar-refractivity contribution in [3.63, 3.8) is 0 Å². The van der Waals surface area contributed by atoms with Crippen LogP contribution in [-0.2, 0) is 9.59 Å². The highest BCUT2D eigenvalue weighted by Gasteiger charge is 2.41. The van der Waals surface area contributed by atoms with Gasteiger partial charge in [-0.05, 0) is 43.4 Å². The third-order valence-electron chi connectivity index (χ3n) is 5.63. The van der Waals surface area contributed by atoms with Crippen molar-refractivity contribution in [3.05, 3.63) is 0 Å². The van der Waals surface area contributed by atoms with Crippen molar-refractivity contribution in [2.24, 2.45) is 11.3 Å². The molecular weight excluding hydrogens is 336 g/mol. The first-order valence-electron chi connectivity index (χ1n) is 9.71. The predicted molar refractivity (Wildman–Crippen MR) is 96.5 cm³/mol. The normalized spacial score (nSPS) is 23.7. The van der Waals surface area contributed by atoms with Gasteiger partial charge < -0.3 is 15.1 Å². The van der Waals surface area contributed by atoms with Gasteiger partial charge in [-0.3, -0.25) is 14.9 Å². The van der Waals surface area contributed by atoms with E-state index in [1.165, 1.54) is 0 Å². The standard InChI is InChI=1S/C19H32N2O5/c1-19(2)11-13(12-19)15(22)9-10-21-14(17(25)20-18(21)26)7-5-3-4-6-8-16(23)24/h13-15,22H,3-12H2,1-2H3,(H,23,24)(H,20,25,26). The number of carbonyl (C=O) groups is 3. The van der Waals surface area contributed by atoms with Crippen LogP contribution >= 0.6 is 0 Å². The molecule has 0 aromatic carbocycles. The molecule has 0 aromatic heterocycles. The Labute approximate surface area is 155 Å². The first kappa shape index (κ1) is 20.7. The quantitative estimate of drug-likeness (QED) is 0.384. The van der Waals surface area contributed by atoms with Gasteiger partial charge in [-0.1, -0.05) is 33.1 Å². The van der Waals surface area contributed by atoms with E-state index in [0.29, 0.717) is 37.1 Å². The number of imide groups is 1. The van der Waals surface area contributed by atoms with Crippen molar-refractivity contribution in [2.75, 3.05) is 6.54 Å². The topological polar surface area (TPSA) is 107 Å². The molecule has 0 spiro atoms. The van der Waals surface area contributed by atoms with E-state index in [9.17, 15) is 19.5 Å². The fourth-order valence-electron chi connectivity index (χ4n) is 4.19. The van der Waals surface area contributed by atoms with Crippen molar-refractivity contribution in [1.82, 2.24) is 10.2 Å². The molecule has 1 saturated heterocycles. The number of carbonyl (C=O) groups excluding carboxylic acids is 2. The van der Waals surface area contributed by atoms with E-state index >= 15 is 0 Å². The van der Waals surface area contributed by atoms with E-state index in [1.807, 2.05) is 0 Å². The Balaban J connectivity index is 1.72. The minimum absolute atomic E-state index is 0.171. The van der Waals surface area contributed by atoms with Gasteiger partial charge in [0.2, 0.25) is 0 Å². The highest BCUT2D eigenvalue weighted by Crippen LogP contribution is 2.46. The number of aliphatic hydroxyl groups is 1. The summed E-state index contributed by atoms with van der Waals surface area (Å²) in [6, 6.07) is -0.834. The minimum atomic E-state index is -0.787. The van der Waals surface area contributed by atoms with Gasteiger partial charge in [-0.25, -0.2) is 4.79 Å². The maximum absolute atomic E-state index is 12.0. The summed E-state index contributed by atoms with van der Waals surface area (Å²) in [5, 5.41) is 21.3. The highest BCUT2D eigenvalue weighted by atomic mass is 16.4. The van der Waals surface area contributed by atoms with Gasteiger partial charge in [0, 0.05) is 13.0 Å². The molecule has 0 aromatic rings. The highest BCUT2D eigenvalue weighted by molar-refractivity contribution is 6.04. The van der Waals surface area contributed by atoms with Crippen molar-refractivity contribution >= 4 is 17.9 Å². The first-order valence-corrected chi connectivity index (χ1v) is 9.71. The Hall–Kier alpha value is -1.63. The zero-order valence-corrected chi connectivity index (χ0v) is 15.9. The molecule has 2 rings (SSSR count). The molecule has 7 nitrogen and oxygen atoms in total. The van der Waals surface area contributed by atoms with Crippen molar-refractivity contribution in [3.8, 4) is 0 Å². The van der Waals surface area contributed by atoms with Gasteiger partial charge >= 0.3 is 12.0 Å². The number of carboxylic acid groups (broad SMARTS) is 1. The lowest BCUT2D eigenvalue weighted by molar-refractivity contribution is -0.137. The van der Waals surface area contributed by atoms with E-state index in [1.54, 1.807) is 4.90 Å². The number of aliphatic carboxylic acids is 1. The van der Waals surface area contributed by atoms with Crippen LogP contribution < -0.4 is 5.32 Å². The van der Waals surface area contributed by atoms with Gasteiger partial charge in [0.15, 0.2) is 0 Å². The number of aliphatic hydroxyl groups excluding tert-OH is 1. The smallest absolute Gasteiger partial charge is 0.324 e. The number of nitrogens with zero attached hydrogens (tertiary/aromatic N) is 1. The number of unbranched alkanes of at least 4 members (excludes halogenated alkanes) is 3. The second-order valence-electron chi connectivity index (χ2n) is 8.54. The first-order chi connectivity index (χ1) is 12.2. The van der Waals surface area contributed by atoms with Crippen molar-refractivity contribution in [2.45, 2.75) is 83.8 Å². The summed E-state index contributed by atoms with van der Waals surface area (Å²) in [6.45, 7) is 4.77. The van der Waals surface area contributed by atoms with Crippen LogP contribution in [0.5, 0.6) is 0 Å². The second kappa shape index (κ2) is 8.84. The molecule has 2 atom stereocenters. The Morgan fingerprint density at radius 3 is 2.50 bits per heavy atom. The van der Waals surface area contributed by atoms with E-state index in [0.717, 1.165) is 32.1 Å². The van der Waals surface area contributed by atoms with E-state index < -0.39 is 18.1 Å². The number of carboxylic acids is 1. The Morgan fingerprint density at radius 2 is 1.88 bits per heavy atom. The third kappa shape index (κ3) is 5.69. The second-order valence-corrected chi connectivity index (χ2v) is 8.54. The van der Waals surface area contributed by atoms with Crippen molar-refractivity contribution in [1.29, 1.82) is 0 Å². The predicted octanol–water partition coefficient (Wildman–Crippen LogP) is 2.52. The van der Waals surface area contributed by atoms with Gasteiger partial charge in [0.1, 0.15) is 6.04 Å². The van der Waals surface area contributed by atoms with E-state index in [-0.39, 0.29) is 18.4 Å². The summed E-state index contributed by atoms with van der Waals surface area (Å²) in [5.74, 6) is -0.760. The van der Waals surface area contributed by atoms with Gasteiger partial charge in [-0.2, -0.15) is 0 Å². The molecule has 1 saturated carbocycles. The SMILES string of the molecule is CC1(C)CC(C(O)CCN2C(=O)NC(=O)C2CCCCCCC(=O)O)C1. The molecule has 7 heteroatoms. The number of hydrogen-bond donors (Lipinski definition) is 3. The Kier molecular flexibility index (Phi) is 7.03. The fraction of sp³-hybridized carbons (Fsp3) is 0.842. The van der Waals surface area contributed by atoms with E-state index in [4.69, 9.17) is 5.11 Å². The summed E-state index contributed by atoms with van der Waals surface area (Å²) in [4.78, 5) is 36.1. The maximum atomic E-state index is 12.0. The van der Waals surface area contributed by atoms with Gasteiger partial charge in [0.05, 0.1) is 6.10 Å². The minimum Gasteiger partial charge on any atom is -0.481 e. The fourth-order valence-corrected chi connectivity index (χ4v) is 4.19. The van der Waals surface area contributed by atoms with Crippen LogP contribution in [0.1, 0.15) is 71.6 Å². The summed E-state index contributed by atoms with van der Waals surface area (Å²) < 4.78 is 0. The monoisotopic (exact) mass is 368 g/mol. The molecule has 148 valence electrons. The molecule has 2 aliphatic rings. The third-order valence-corrected chi connectivity index (χ3v) is 5.63. The van der Waals surface area contributed by atoms with Crippen LogP contribution in [0, 0.1) is 11.3 Å². The van der Waals surface area contributed by atoms with Gasteiger partial charge in [-0.15, -0.1) is 0 Å². The largest absolute Gasteiger partial charge is 0.481 e. The number of amides is 3. The Bertz CT molecular complexity index is 526. The van der Waals surface area contributed by atoms with Crippen LogP contribution in [0.2, 0.25) is 0 Å². The number of rotatable bonds is 11. The number of nitrogens with one attached hydrogen (secondary N) is 1. The average Bonchev–Trinajstić information content (AvgIpc) is 2.79. The van der Waals surface area contributed by atoms with Crippen LogP contribution in [0.4, 0.5) is 4.79 Å². The summed E-state index contributed by atoms with van der Waals surface area (Å²) in [6.07, 6.45) is 5.89. The van der Waals surface area contributed by atoms with Crippen LogP contribution in [0.25, 0.3) is 0 Å². The molecule has 3 amide bonds. The zero-order chi connectivity index (χ0) is 19.3. The lowest BCUT2D eigenvalue weighted by Gasteiger charge is -2.45. The zero-order valence-electron chi connectivity index (χ0n) is 15.9. The molecule has 2 fully saturated rings. The lowest BCUT2D eigenvalue weighted by atomic mass is 9.62. The number of hydrogen-bond acceptors (Lipinski definition) is 4. The molecule has 2 unspecified atom stereocenters. The summed E-state index contributed by atoms with van der Waals surface area (Å²) in [7, 11) is 0. The average molecular weight is 368 g/mol. The lowest BCUT2D eigenvalue weighted by Crippen LogP contribution is -2.42. The van der Waals surface area contributed by atoms with E-state index in [2.05, 4.69) is 19.2 Å². The molecule has 1 heterocycles. The molecule has 1 aliphatic carbocycles. The van der Waals surface area contributed by atoms with Crippen LogP contribution in [0.15, 0.2) is 0 Å². The molecule has 0 radical (unpaired) electrons. The molecule has 0 bridgehead atoms. The maximum Gasteiger partial charge on any atom is 0.324 e. The van der Waals surface area contributed by atoms with Crippen LogP contribution in [-0.4, -0.2) is 51.7 Å². The van der Waals surface area contributed by atoms with Gasteiger partial charge in [0.25, 0.3) is 5.91 Å². The Morgan fingerprint density at radius 1 is 1.23 bits per heavy atom. The molecule has 1 aliphatic heterocycles. The summed E-state index contributed by atoms with van der Waals surface area (Å²) in [5.41, 5.74) is 0.301. The summed E-state index contributed by atoms with van der Waals surface area (Å²) >= 11 is 0.